The molecule has 2 heteroatoms. The quantitative estimate of drug-likeness (QED) is 0.655. The number of nitrogens with zero attached hydrogens (tertiary/aromatic N) is 1. The van der Waals surface area contributed by atoms with Gasteiger partial charge in [-0.2, -0.15) is 5.26 Å². The summed E-state index contributed by atoms with van der Waals surface area (Å²) in [5.74, 6) is 0. The average Bonchev–Trinajstić information content (AvgIpc) is 2.47. The van der Waals surface area contributed by atoms with E-state index in [9.17, 15) is 0 Å². The van der Waals surface area contributed by atoms with Gasteiger partial charge in [0.2, 0.25) is 0 Å². The van der Waals surface area contributed by atoms with Crippen molar-refractivity contribution in [1.82, 2.24) is 0 Å². The predicted octanol–water partition coefficient (Wildman–Crippen LogP) is 2.62. The van der Waals surface area contributed by atoms with E-state index in [0.29, 0.717) is 11.7 Å². The fourth-order valence-electron chi connectivity index (χ4n) is 1.47. The Labute approximate surface area is 76.4 Å². The molecule has 1 atom stereocenters. The number of benzene rings is 1. The highest BCUT2D eigenvalue weighted by Gasteiger charge is 2.20. The van der Waals surface area contributed by atoms with Crippen LogP contribution < -0.4 is 0 Å². The Morgan fingerprint density at radius 2 is 2.33 bits per heavy atom. The molecule has 0 aromatic heterocycles. The summed E-state index contributed by atoms with van der Waals surface area (Å²) in [5, 5.41) is 9.04. The molecular weight excluding hydrogens is 166 g/mol. The van der Waals surface area contributed by atoms with E-state index >= 15 is 0 Å². The Morgan fingerprint density at radius 1 is 1.50 bits per heavy atom. The lowest BCUT2D eigenvalue weighted by Gasteiger charge is -1.98. The molecule has 0 amide bonds. The average molecular weight is 175 g/mol. The van der Waals surface area contributed by atoms with Crippen LogP contribution in [0.3, 0.4) is 0 Å². The van der Waals surface area contributed by atoms with Gasteiger partial charge in [-0.15, -0.1) is 11.8 Å². The van der Waals surface area contributed by atoms with E-state index in [1.807, 2.05) is 11.8 Å². The first-order valence-corrected chi connectivity index (χ1v) is 4.89. The molecule has 0 saturated carbocycles. The number of rotatable bonds is 1. The summed E-state index contributed by atoms with van der Waals surface area (Å²) in [6.45, 7) is 0. The second-order valence-electron chi connectivity index (χ2n) is 2.91. The summed E-state index contributed by atoms with van der Waals surface area (Å²) >= 11 is 1.84. The summed E-state index contributed by atoms with van der Waals surface area (Å²) in [6, 6.07) is 10.6. The molecule has 0 N–H and O–H groups in total. The smallest absolute Gasteiger partial charge is 0.0633 e. The molecule has 12 heavy (non-hydrogen) atoms. The van der Waals surface area contributed by atoms with Gasteiger partial charge in [0.1, 0.15) is 0 Å². The lowest BCUT2D eigenvalue weighted by molar-refractivity contribution is 0.888. The molecule has 0 bridgehead atoms. The van der Waals surface area contributed by atoms with Crippen molar-refractivity contribution in [3.8, 4) is 6.07 Å². The molecule has 0 saturated heterocycles. The lowest BCUT2D eigenvalue weighted by Crippen LogP contribution is -1.97. The van der Waals surface area contributed by atoms with Crippen LogP contribution in [-0.2, 0) is 6.42 Å². The van der Waals surface area contributed by atoms with Crippen LogP contribution in [-0.4, -0.2) is 5.25 Å². The van der Waals surface area contributed by atoms with Crippen LogP contribution >= 0.6 is 11.8 Å². The minimum absolute atomic E-state index is 0.493. The molecule has 1 aromatic rings. The van der Waals surface area contributed by atoms with Crippen molar-refractivity contribution in [1.29, 1.82) is 5.26 Å². The van der Waals surface area contributed by atoms with Crippen LogP contribution in [0, 0.1) is 11.3 Å². The van der Waals surface area contributed by atoms with Gasteiger partial charge in [0, 0.05) is 16.6 Å². The molecule has 0 radical (unpaired) electrons. The van der Waals surface area contributed by atoms with Crippen LogP contribution in [0.2, 0.25) is 0 Å². The number of hydrogen-bond donors (Lipinski definition) is 0. The van der Waals surface area contributed by atoms with Crippen molar-refractivity contribution >= 4 is 11.8 Å². The normalized spacial score (nSPS) is 20.1. The zero-order valence-corrected chi connectivity index (χ0v) is 7.47. The van der Waals surface area contributed by atoms with Gasteiger partial charge in [-0.05, 0) is 18.1 Å². The summed E-state index contributed by atoms with van der Waals surface area (Å²) in [6.07, 6.45) is 1.73. The van der Waals surface area contributed by atoms with Crippen molar-refractivity contribution < 1.29 is 0 Å². The molecule has 1 aromatic carbocycles. The minimum Gasteiger partial charge on any atom is -0.198 e. The highest BCUT2D eigenvalue weighted by Crippen LogP contribution is 2.37. The second-order valence-corrected chi connectivity index (χ2v) is 4.26. The number of fused-ring (bicyclic) bond motifs is 1. The maximum absolute atomic E-state index is 8.54. The third-order valence-electron chi connectivity index (χ3n) is 2.03. The van der Waals surface area contributed by atoms with Crippen LogP contribution in [0.25, 0.3) is 0 Å². The van der Waals surface area contributed by atoms with Gasteiger partial charge >= 0.3 is 0 Å². The van der Waals surface area contributed by atoms with Gasteiger partial charge < -0.3 is 0 Å². The molecule has 1 aliphatic rings. The third kappa shape index (κ3) is 1.33. The monoisotopic (exact) mass is 175 g/mol. The highest BCUT2D eigenvalue weighted by molar-refractivity contribution is 8.00. The molecule has 0 aliphatic carbocycles. The van der Waals surface area contributed by atoms with E-state index in [-0.39, 0.29) is 0 Å². The van der Waals surface area contributed by atoms with Gasteiger partial charge in [0.05, 0.1) is 6.07 Å². The topological polar surface area (TPSA) is 23.8 Å². The third-order valence-corrected chi connectivity index (χ3v) is 3.35. The molecular formula is C10H9NS. The van der Waals surface area contributed by atoms with E-state index in [1.165, 1.54) is 10.5 Å². The Hall–Kier alpha value is -0.940. The van der Waals surface area contributed by atoms with E-state index in [0.717, 1.165) is 6.42 Å². The number of nitriles is 1. The lowest BCUT2D eigenvalue weighted by atomic mass is 10.1. The Bertz CT molecular complexity index is 302. The largest absolute Gasteiger partial charge is 0.198 e. The van der Waals surface area contributed by atoms with Crippen molar-refractivity contribution in [3.63, 3.8) is 0 Å². The first kappa shape index (κ1) is 7.70. The fraction of sp³-hybridized carbons (Fsp3) is 0.300. The Balaban J connectivity index is 2.18. The van der Waals surface area contributed by atoms with Crippen LogP contribution in [0.5, 0.6) is 0 Å². The molecule has 1 heterocycles. The van der Waals surface area contributed by atoms with Crippen LogP contribution in [0.15, 0.2) is 29.2 Å². The molecule has 60 valence electrons. The highest BCUT2D eigenvalue weighted by atomic mass is 32.2. The van der Waals surface area contributed by atoms with Crippen LogP contribution in [0.4, 0.5) is 0 Å². The van der Waals surface area contributed by atoms with Gasteiger partial charge in [-0.3, -0.25) is 0 Å². The summed E-state index contributed by atoms with van der Waals surface area (Å²) in [4.78, 5) is 1.36. The molecule has 1 unspecified atom stereocenters. The van der Waals surface area contributed by atoms with Gasteiger partial charge in [0.25, 0.3) is 0 Å². The second kappa shape index (κ2) is 3.20. The van der Waals surface area contributed by atoms with Crippen molar-refractivity contribution in [3.05, 3.63) is 29.8 Å². The standard InChI is InChI=1S/C10H9NS/c11-6-5-9-7-8-3-1-2-4-10(8)12-9/h1-4,9H,5,7H2. The number of hydrogen-bond acceptors (Lipinski definition) is 2. The predicted molar refractivity (Wildman–Crippen MR) is 50.0 cm³/mol. The van der Waals surface area contributed by atoms with E-state index < -0.39 is 0 Å². The molecule has 1 nitrogen and oxygen atoms in total. The first-order chi connectivity index (χ1) is 5.90. The van der Waals surface area contributed by atoms with Gasteiger partial charge in [0.15, 0.2) is 0 Å². The fourth-order valence-corrected chi connectivity index (χ4v) is 2.71. The molecule has 2 rings (SSSR count). The molecule has 0 fully saturated rings. The maximum atomic E-state index is 8.54. The summed E-state index contributed by atoms with van der Waals surface area (Å²) in [7, 11) is 0. The van der Waals surface area contributed by atoms with E-state index in [4.69, 9.17) is 5.26 Å². The Kier molecular flexibility index (Phi) is 2.05. The van der Waals surface area contributed by atoms with E-state index in [2.05, 4.69) is 30.3 Å². The Morgan fingerprint density at radius 3 is 3.08 bits per heavy atom. The van der Waals surface area contributed by atoms with E-state index in [1.54, 1.807) is 0 Å². The van der Waals surface area contributed by atoms with Crippen LogP contribution in [0.1, 0.15) is 12.0 Å². The maximum Gasteiger partial charge on any atom is 0.0633 e. The zero-order chi connectivity index (χ0) is 8.39. The zero-order valence-electron chi connectivity index (χ0n) is 6.66. The van der Waals surface area contributed by atoms with Crippen molar-refractivity contribution in [2.24, 2.45) is 0 Å². The van der Waals surface area contributed by atoms with Gasteiger partial charge in [-0.25, -0.2) is 0 Å². The number of thioether (sulfide) groups is 1. The minimum atomic E-state index is 0.493. The van der Waals surface area contributed by atoms with Gasteiger partial charge in [-0.1, -0.05) is 18.2 Å². The molecule has 0 spiro atoms. The first-order valence-electron chi connectivity index (χ1n) is 4.01. The molecule has 1 aliphatic heterocycles. The summed E-state index contributed by atoms with van der Waals surface area (Å²) < 4.78 is 0. The van der Waals surface area contributed by atoms with Crippen molar-refractivity contribution in [2.75, 3.05) is 0 Å². The van der Waals surface area contributed by atoms with Crippen molar-refractivity contribution in [2.45, 2.75) is 23.0 Å². The SMILES string of the molecule is N#CCC1Cc2ccccc2S1. The summed E-state index contributed by atoms with van der Waals surface area (Å²) in [5.41, 5.74) is 1.41.